The third kappa shape index (κ3) is 3.86. The SMILES string of the molecule is C=C(/C=C\C)N(C)c1c(C#N)c(-n2c3ccccc3c3ccccc32)c(C#N)c(-n2c3ccccc3c3ccccc32)c1C#N. The van der Waals surface area contributed by atoms with E-state index in [0.29, 0.717) is 22.8 Å². The number of aromatic nitrogens is 2. The maximum atomic E-state index is 11.1. The van der Waals surface area contributed by atoms with Crippen molar-refractivity contribution < 1.29 is 0 Å². The van der Waals surface area contributed by atoms with E-state index in [2.05, 4.69) is 24.8 Å². The monoisotopic (exact) mass is 578 g/mol. The number of fused-ring (bicyclic) bond motifs is 6. The van der Waals surface area contributed by atoms with Crippen LogP contribution < -0.4 is 4.90 Å². The van der Waals surface area contributed by atoms with Crippen LogP contribution in [0.2, 0.25) is 0 Å². The standard InChI is InChI=1S/C39H26N6/c1-4-13-25(2)43(3)37-30(22-40)38(44-33-18-9-5-14-26(33)27-15-6-10-19-34(27)44)32(24-42)39(31(37)23-41)45-35-20-11-7-16-28(35)29-17-8-12-21-36(29)45/h4-21H,2H2,1,3H3/b13-4-. The predicted octanol–water partition coefficient (Wildman–Crippen LogP) is 9.02. The fourth-order valence-corrected chi connectivity index (χ4v) is 6.59. The number of hydrogen-bond acceptors (Lipinski definition) is 4. The van der Waals surface area contributed by atoms with Crippen LogP contribution >= 0.6 is 0 Å². The van der Waals surface area contributed by atoms with Gasteiger partial charge in [0.1, 0.15) is 34.9 Å². The zero-order valence-corrected chi connectivity index (χ0v) is 24.8. The Morgan fingerprint density at radius 1 is 0.600 bits per heavy atom. The second-order valence-corrected chi connectivity index (χ2v) is 10.8. The van der Waals surface area contributed by atoms with Crippen molar-refractivity contribution in [3.8, 4) is 29.6 Å². The summed E-state index contributed by atoms with van der Waals surface area (Å²) in [6.45, 7) is 6.13. The van der Waals surface area contributed by atoms with E-state index in [1.165, 1.54) is 0 Å². The predicted molar refractivity (Wildman–Crippen MR) is 182 cm³/mol. The molecule has 7 rings (SSSR count). The van der Waals surface area contributed by atoms with Gasteiger partial charge in [-0.05, 0) is 37.3 Å². The Morgan fingerprint density at radius 2 is 0.933 bits per heavy atom. The van der Waals surface area contributed by atoms with Crippen molar-refractivity contribution in [2.75, 3.05) is 11.9 Å². The summed E-state index contributed by atoms with van der Waals surface area (Å²) in [4.78, 5) is 1.77. The lowest BCUT2D eigenvalue weighted by Crippen LogP contribution is -2.21. The summed E-state index contributed by atoms with van der Waals surface area (Å²) in [6.07, 6.45) is 3.70. The quantitative estimate of drug-likeness (QED) is 0.191. The molecule has 0 saturated carbocycles. The van der Waals surface area contributed by atoms with Crippen LogP contribution in [0.3, 0.4) is 0 Å². The van der Waals surface area contributed by atoms with Crippen molar-refractivity contribution in [2.45, 2.75) is 6.92 Å². The lowest BCUT2D eigenvalue weighted by atomic mass is 9.96. The highest BCUT2D eigenvalue weighted by atomic mass is 15.1. The van der Waals surface area contributed by atoms with Gasteiger partial charge in [0.2, 0.25) is 0 Å². The molecule has 0 saturated heterocycles. The molecule has 7 aromatic rings. The number of anilines is 1. The van der Waals surface area contributed by atoms with Crippen LogP contribution in [0, 0.1) is 34.0 Å². The molecule has 0 aliphatic heterocycles. The molecule has 0 aliphatic rings. The maximum Gasteiger partial charge on any atom is 0.104 e. The molecule has 0 N–H and O–H groups in total. The fourth-order valence-electron chi connectivity index (χ4n) is 6.59. The summed E-state index contributed by atoms with van der Waals surface area (Å²) in [7, 11) is 1.80. The normalized spacial score (nSPS) is 11.3. The zero-order chi connectivity index (χ0) is 31.2. The number of likely N-dealkylation sites (N-methyl/N-ethyl adjacent to an activating group) is 1. The first kappa shape index (κ1) is 27.3. The second kappa shape index (κ2) is 10.6. The van der Waals surface area contributed by atoms with E-state index in [1.807, 2.05) is 125 Å². The van der Waals surface area contributed by atoms with Crippen LogP contribution in [0.1, 0.15) is 23.6 Å². The van der Waals surface area contributed by atoms with Crippen molar-refractivity contribution in [2.24, 2.45) is 0 Å². The van der Waals surface area contributed by atoms with Gasteiger partial charge in [-0.25, -0.2) is 0 Å². The van der Waals surface area contributed by atoms with E-state index in [1.54, 1.807) is 11.9 Å². The van der Waals surface area contributed by atoms with Crippen LogP contribution in [0.15, 0.2) is 121 Å². The van der Waals surface area contributed by atoms with Gasteiger partial charge in [-0.3, -0.25) is 0 Å². The topological polar surface area (TPSA) is 84.5 Å². The van der Waals surface area contributed by atoms with E-state index in [-0.39, 0.29) is 16.7 Å². The van der Waals surface area contributed by atoms with Gasteiger partial charge in [-0.15, -0.1) is 0 Å². The lowest BCUT2D eigenvalue weighted by Gasteiger charge is -2.27. The van der Waals surface area contributed by atoms with Crippen molar-refractivity contribution in [1.82, 2.24) is 9.13 Å². The first-order valence-corrected chi connectivity index (χ1v) is 14.5. The third-order valence-corrected chi connectivity index (χ3v) is 8.49. The average Bonchev–Trinajstić information content (AvgIpc) is 3.59. The minimum atomic E-state index is 0.215. The molecule has 0 atom stereocenters. The summed E-state index contributed by atoms with van der Waals surface area (Å²) < 4.78 is 3.99. The van der Waals surface area contributed by atoms with E-state index < -0.39 is 0 Å². The molecule has 0 aliphatic carbocycles. The number of benzene rings is 5. The van der Waals surface area contributed by atoms with Crippen LogP contribution in [-0.2, 0) is 0 Å². The number of allylic oxidation sites excluding steroid dienone is 2. The third-order valence-electron chi connectivity index (χ3n) is 8.49. The minimum absolute atomic E-state index is 0.215. The molecular formula is C39H26N6. The Bertz CT molecular complexity index is 2260. The molecule has 0 radical (unpaired) electrons. The van der Waals surface area contributed by atoms with Gasteiger partial charge >= 0.3 is 0 Å². The molecular weight excluding hydrogens is 552 g/mol. The first-order chi connectivity index (χ1) is 22.0. The summed E-state index contributed by atoms with van der Waals surface area (Å²) >= 11 is 0. The molecule has 2 aromatic heterocycles. The molecule has 212 valence electrons. The molecule has 0 unspecified atom stereocenters. The van der Waals surface area contributed by atoms with Crippen LogP contribution in [0.25, 0.3) is 55.0 Å². The summed E-state index contributed by atoms with van der Waals surface area (Å²) in [6, 6.07) is 39.2. The summed E-state index contributed by atoms with van der Waals surface area (Å²) in [5.41, 5.74) is 5.89. The summed E-state index contributed by atoms with van der Waals surface area (Å²) in [5, 5.41) is 37.0. The molecule has 2 heterocycles. The minimum Gasteiger partial charge on any atom is -0.343 e. The maximum absolute atomic E-state index is 11.1. The van der Waals surface area contributed by atoms with Gasteiger partial charge in [0, 0.05) is 34.3 Å². The molecule has 6 nitrogen and oxygen atoms in total. The lowest BCUT2D eigenvalue weighted by molar-refractivity contribution is 1.06. The molecule has 45 heavy (non-hydrogen) atoms. The van der Waals surface area contributed by atoms with Crippen molar-refractivity contribution in [3.63, 3.8) is 0 Å². The second-order valence-electron chi connectivity index (χ2n) is 10.8. The van der Waals surface area contributed by atoms with Gasteiger partial charge in [0.15, 0.2) is 0 Å². The number of nitrogens with zero attached hydrogens (tertiary/aromatic N) is 6. The van der Waals surface area contributed by atoms with Crippen LogP contribution in [0.4, 0.5) is 5.69 Å². The average molecular weight is 579 g/mol. The van der Waals surface area contributed by atoms with Gasteiger partial charge in [0.05, 0.1) is 39.1 Å². The Balaban J connectivity index is 1.79. The smallest absolute Gasteiger partial charge is 0.104 e. The van der Waals surface area contributed by atoms with E-state index in [0.717, 1.165) is 43.6 Å². The highest BCUT2D eigenvalue weighted by molar-refractivity contribution is 6.12. The van der Waals surface area contributed by atoms with Crippen LogP contribution in [0.5, 0.6) is 0 Å². The van der Waals surface area contributed by atoms with Gasteiger partial charge < -0.3 is 14.0 Å². The van der Waals surface area contributed by atoms with E-state index in [9.17, 15) is 15.8 Å². The molecule has 5 aromatic carbocycles. The van der Waals surface area contributed by atoms with Crippen LogP contribution in [-0.4, -0.2) is 16.2 Å². The summed E-state index contributed by atoms with van der Waals surface area (Å²) in [5.74, 6) is 0. The van der Waals surface area contributed by atoms with Crippen molar-refractivity contribution in [3.05, 3.63) is 138 Å². The Kier molecular flexibility index (Phi) is 6.44. The number of para-hydroxylation sites is 4. The van der Waals surface area contributed by atoms with Crippen molar-refractivity contribution >= 4 is 49.3 Å². The fraction of sp³-hybridized carbons (Fsp3) is 0.0513. The van der Waals surface area contributed by atoms with Gasteiger partial charge in [0.25, 0.3) is 0 Å². The first-order valence-electron chi connectivity index (χ1n) is 14.5. The molecule has 0 fully saturated rings. The van der Waals surface area contributed by atoms with E-state index >= 15 is 0 Å². The van der Waals surface area contributed by atoms with E-state index in [4.69, 9.17) is 0 Å². The molecule has 0 bridgehead atoms. The Labute approximate surface area is 260 Å². The zero-order valence-electron chi connectivity index (χ0n) is 24.8. The molecule has 6 heteroatoms. The van der Waals surface area contributed by atoms with Gasteiger partial charge in [-0.1, -0.05) is 85.5 Å². The largest absolute Gasteiger partial charge is 0.343 e. The van der Waals surface area contributed by atoms with Gasteiger partial charge in [-0.2, -0.15) is 15.8 Å². The highest BCUT2D eigenvalue weighted by Crippen LogP contribution is 2.44. The molecule has 0 spiro atoms. The Morgan fingerprint density at radius 3 is 1.24 bits per heavy atom. The Hall–Kier alpha value is -6.55. The highest BCUT2D eigenvalue weighted by Gasteiger charge is 2.31. The number of rotatable bonds is 5. The number of hydrogen-bond donors (Lipinski definition) is 0. The molecule has 0 amide bonds. The van der Waals surface area contributed by atoms with Crippen molar-refractivity contribution in [1.29, 1.82) is 15.8 Å². The number of nitriles is 3.